The van der Waals surface area contributed by atoms with Crippen molar-refractivity contribution in [3.8, 4) is 11.1 Å². The van der Waals surface area contributed by atoms with Gasteiger partial charge in [0.25, 0.3) is 0 Å². The topological polar surface area (TPSA) is 32.3 Å². The van der Waals surface area contributed by atoms with Gasteiger partial charge in [-0.2, -0.15) is 11.3 Å². The molecule has 0 aliphatic heterocycles. The van der Waals surface area contributed by atoms with Crippen LogP contribution in [0.1, 0.15) is 12.5 Å². The van der Waals surface area contributed by atoms with E-state index < -0.39 is 0 Å². The highest BCUT2D eigenvalue weighted by Gasteiger charge is 2.04. The molecule has 0 saturated heterocycles. The van der Waals surface area contributed by atoms with Crippen molar-refractivity contribution in [2.24, 2.45) is 0 Å². The van der Waals surface area contributed by atoms with Crippen molar-refractivity contribution in [2.45, 2.75) is 13.3 Å². The minimum Gasteiger partial charge on any atom is -0.396 e. The monoisotopic (exact) mass is 247 g/mol. The maximum Gasteiger partial charge on any atom is 0.0472 e. The standard InChI is InChI=1S/C14H17NOS/c1-2-15-14-9-12(13-6-8-17-10-13)4-3-11(14)5-7-16/h3-4,6,8-10,15-16H,2,5,7H2,1H3. The van der Waals surface area contributed by atoms with E-state index in [1.807, 2.05) is 0 Å². The Balaban J connectivity index is 2.34. The first-order valence-corrected chi connectivity index (χ1v) is 6.79. The lowest BCUT2D eigenvalue weighted by Gasteiger charge is -2.11. The van der Waals surface area contributed by atoms with Crippen molar-refractivity contribution in [1.82, 2.24) is 0 Å². The van der Waals surface area contributed by atoms with Gasteiger partial charge in [-0.1, -0.05) is 12.1 Å². The Bertz CT molecular complexity index is 465. The fourth-order valence-corrected chi connectivity index (χ4v) is 2.54. The quantitative estimate of drug-likeness (QED) is 0.849. The molecule has 2 nitrogen and oxygen atoms in total. The number of aliphatic hydroxyl groups is 1. The maximum absolute atomic E-state index is 9.04. The third-order valence-electron chi connectivity index (χ3n) is 2.71. The summed E-state index contributed by atoms with van der Waals surface area (Å²) in [4.78, 5) is 0. The molecule has 17 heavy (non-hydrogen) atoms. The smallest absolute Gasteiger partial charge is 0.0472 e. The molecule has 0 bridgehead atoms. The molecule has 0 radical (unpaired) electrons. The van der Waals surface area contributed by atoms with E-state index in [0.717, 1.165) is 12.2 Å². The van der Waals surface area contributed by atoms with E-state index in [0.29, 0.717) is 6.42 Å². The van der Waals surface area contributed by atoms with Gasteiger partial charge in [-0.05, 0) is 52.9 Å². The summed E-state index contributed by atoms with van der Waals surface area (Å²) in [6.45, 7) is 3.17. The molecule has 1 aromatic heterocycles. The summed E-state index contributed by atoms with van der Waals surface area (Å²) in [7, 11) is 0. The molecular weight excluding hydrogens is 230 g/mol. The Hall–Kier alpha value is -1.32. The molecule has 0 aliphatic rings. The van der Waals surface area contributed by atoms with E-state index >= 15 is 0 Å². The average molecular weight is 247 g/mol. The molecular formula is C14H17NOS. The van der Waals surface area contributed by atoms with Crippen LogP contribution in [0, 0.1) is 0 Å². The van der Waals surface area contributed by atoms with Gasteiger partial charge < -0.3 is 10.4 Å². The molecule has 1 aromatic carbocycles. The molecule has 0 saturated carbocycles. The summed E-state index contributed by atoms with van der Waals surface area (Å²) in [5, 5.41) is 16.6. The number of benzene rings is 1. The first-order valence-electron chi connectivity index (χ1n) is 5.85. The average Bonchev–Trinajstić information content (AvgIpc) is 2.85. The molecule has 2 aromatic rings. The lowest BCUT2D eigenvalue weighted by Crippen LogP contribution is -2.02. The molecule has 2 rings (SSSR count). The van der Waals surface area contributed by atoms with Crippen LogP contribution in [0.5, 0.6) is 0 Å². The fourth-order valence-electron chi connectivity index (χ4n) is 1.88. The predicted octanol–water partition coefficient (Wildman–Crippen LogP) is 3.38. The lowest BCUT2D eigenvalue weighted by atomic mass is 10.0. The summed E-state index contributed by atoms with van der Waals surface area (Å²) < 4.78 is 0. The Morgan fingerprint density at radius 2 is 2.12 bits per heavy atom. The van der Waals surface area contributed by atoms with Crippen molar-refractivity contribution in [1.29, 1.82) is 0 Å². The number of rotatable bonds is 5. The van der Waals surface area contributed by atoms with Crippen molar-refractivity contribution < 1.29 is 5.11 Å². The van der Waals surface area contributed by atoms with E-state index in [2.05, 4.69) is 47.3 Å². The summed E-state index contributed by atoms with van der Waals surface area (Å²) in [5.41, 5.74) is 4.78. The molecule has 0 aliphatic carbocycles. The van der Waals surface area contributed by atoms with E-state index in [9.17, 15) is 0 Å². The second-order valence-electron chi connectivity index (χ2n) is 3.89. The Labute approximate surface area is 106 Å². The molecule has 0 fully saturated rings. The van der Waals surface area contributed by atoms with Crippen molar-refractivity contribution in [3.05, 3.63) is 40.6 Å². The number of anilines is 1. The molecule has 2 N–H and O–H groups in total. The van der Waals surface area contributed by atoms with Crippen LogP contribution in [0.3, 0.4) is 0 Å². The van der Waals surface area contributed by atoms with Gasteiger partial charge in [-0.25, -0.2) is 0 Å². The van der Waals surface area contributed by atoms with Gasteiger partial charge in [0.05, 0.1) is 0 Å². The van der Waals surface area contributed by atoms with Gasteiger partial charge >= 0.3 is 0 Å². The minimum absolute atomic E-state index is 0.191. The molecule has 0 atom stereocenters. The Morgan fingerprint density at radius 3 is 2.76 bits per heavy atom. The molecule has 0 unspecified atom stereocenters. The zero-order valence-corrected chi connectivity index (χ0v) is 10.8. The highest BCUT2D eigenvalue weighted by Crippen LogP contribution is 2.27. The van der Waals surface area contributed by atoms with E-state index in [4.69, 9.17) is 5.11 Å². The number of nitrogens with one attached hydrogen (secondary N) is 1. The van der Waals surface area contributed by atoms with Crippen LogP contribution >= 0.6 is 11.3 Å². The van der Waals surface area contributed by atoms with Crippen LogP contribution in [0.15, 0.2) is 35.0 Å². The first kappa shape index (κ1) is 12.1. The SMILES string of the molecule is CCNc1cc(-c2ccsc2)ccc1CCO. The first-order chi connectivity index (χ1) is 8.35. The van der Waals surface area contributed by atoms with Crippen LogP contribution in [-0.4, -0.2) is 18.3 Å². The van der Waals surface area contributed by atoms with Crippen LogP contribution in [-0.2, 0) is 6.42 Å². The van der Waals surface area contributed by atoms with E-state index in [1.54, 1.807) is 11.3 Å². The summed E-state index contributed by atoms with van der Waals surface area (Å²) in [5.74, 6) is 0. The third-order valence-corrected chi connectivity index (χ3v) is 3.40. The highest BCUT2D eigenvalue weighted by molar-refractivity contribution is 7.08. The number of thiophene rings is 1. The normalized spacial score (nSPS) is 10.5. The van der Waals surface area contributed by atoms with Gasteiger partial charge in [0.1, 0.15) is 0 Å². The Morgan fingerprint density at radius 1 is 1.24 bits per heavy atom. The second-order valence-corrected chi connectivity index (χ2v) is 4.67. The van der Waals surface area contributed by atoms with Gasteiger partial charge in [0, 0.05) is 18.8 Å². The van der Waals surface area contributed by atoms with Gasteiger partial charge in [0.2, 0.25) is 0 Å². The van der Waals surface area contributed by atoms with Crippen LogP contribution in [0.25, 0.3) is 11.1 Å². The third kappa shape index (κ3) is 2.87. The molecule has 90 valence electrons. The summed E-state index contributed by atoms with van der Waals surface area (Å²) in [6.07, 6.45) is 0.701. The van der Waals surface area contributed by atoms with Crippen molar-refractivity contribution in [2.75, 3.05) is 18.5 Å². The van der Waals surface area contributed by atoms with Crippen LogP contribution < -0.4 is 5.32 Å². The predicted molar refractivity (Wildman–Crippen MR) is 74.7 cm³/mol. The number of aliphatic hydroxyl groups excluding tert-OH is 1. The van der Waals surface area contributed by atoms with Gasteiger partial charge in [-0.15, -0.1) is 0 Å². The fraction of sp³-hybridized carbons (Fsp3) is 0.286. The Kier molecular flexibility index (Phi) is 4.18. The second kappa shape index (κ2) is 5.84. The van der Waals surface area contributed by atoms with Crippen molar-refractivity contribution in [3.63, 3.8) is 0 Å². The van der Waals surface area contributed by atoms with Crippen LogP contribution in [0.4, 0.5) is 5.69 Å². The summed E-state index contributed by atoms with van der Waals surface area (Å²) >= 11 is 1.71. The maximum atomic E-state index is 9.04. The van der Waals surface area contributed by atoms with Crippen molar-refractivity contribution >= 4 is 17.0 Å². The number of hydrogen-bond donors (Lipinski definition) is 2. The van der Waals surface area contributed by atoms with E-state index in [-0.39, 0.29) is 6.61 Å². The highest BCUT2D eigenvalue weighted by atomic mass is 32.1. The number of hydrogen-bond acceptors (Lipinski definition) is 3. The molecule has 1 heterocycles. The molecule has 0 amide bonds. The zero-order chi connectivity index (χ0) is 12.1. The van der Waals surface area contributed by atoms with Crippen LogP contribution in [0.2, 0.25) is 0 Å². The zero-order valence-electron chi connectivity index (χ0n) is 9.94. The molecule has 3 heteroatoms. The molecule has 0 spiro atoms. The lowest BCUT2D eigenvalue weighted by molar-refractivity contribution is 0.300. The van der Waals surface area contributed by atoms with E-state index in [1.165, 1.54) is 16.7 Å². The van der Waals surface area contributed by atoms with Gasteiger partial charge in [0.15, 0.2) is 0 Å². The largest absolute Gasteiger partial charge is 0.396 e. The minimum atomic E-state index is 0.191. The van der Waals surface area contributed by atoms with Gasteiger partial charge in [-0.3, -0.25) is 0 Å². The summed E-state index contributed by atoms with van der Waals surface area (Å²) in [6, 6.07) is 8.51.